The molecule has 4 nitrogen and oxygen atoms in total. The van der Waals surface area contributed by atoms with Crippen LogP contribution in [0.1, 0.15) is 18.9 Å². The molecule has 1 unspecified atom stereocenters. The Morgan fingerprint density at radius 1 is 1.38 bits per heavy atom. The van der Waals surface area contributed by atoms with Gasteiger partial charge in [-0.15, -0.1) is 0 Å². The molecule has 1 aromatic carbocycles. The molecule has 118 valence electrons. The summed E-state index contributed by atoms with van der Waals surface area (Å²) in [5.41, 5.74) is 7.13. The van der Waals surface area contributed by atoms with Gasteiger partial charge in [-0.1, -0.05) is 24.6 Å². The fraction of sp³-hybridized carbons (Fsp3) is 0.625. The molecule has 1 heterocycles. The van der Waals surface area contributed by atoms with Crippen LogP contribution in [0.25, 0.3) is 0 Å². The van der Waals surface area contributed by atoms with E-state index in [1.165, 1.54) is 0 Å². The highest BCUT2D eigenvalue weighted by Crippen LogP contribution is 2.26. The highest BCUT2D eigenvalue weighted by Gasteiger charge is 2.11. The number of benzene rings is 1. The van der Waals surface area contributed by atoms with Gasteiger partial charge in [0, 0.05) is 25.7 Å². The first-order valence-corrected chi connectivity index (χ1v) is 8.03. The van der Waals surface area contributed by atoms with Crippen LogP contribution in [0, 0.1) is 0 Å². The van der Waals surface area contributed by atoms with Gasteiger partial charge in [0.2, 0.25) is 0 Å². The lowest BCUT2D eigenvalue weighted by atomic mass is 10.0. The van der Waals surface area contributed by atoms with Gasteiger partial charge in [-0.2, -0.15) is 0 Å². The van der Waals surface area contributed by atoms with Crippen molar-refractivity contribution in [3.8, 4) is 5.75 Å². The second-order valence-corrected chi connectivity index (χ2v) is 5.85. The summed E-state index contributed by atoms with van der Waals surface area (Å²) in [6, 6.07) is 6.14. The molecule has 2 N–H and O–H groups in total. The predicted molar refractivity (Wildman–Crippen MR) is 86.2 cm³/mol. The van der Waals surface area contributed by atoms with Crippen molar-refractivity contribution < 1.29 is 9.47 Å². The van der Waals surface area contributed by atoms with Crippen molar-refractivity contribution in [2.24, 2.45) is 5.73 Å². The molecule has 0 aromatic heterocycles. The molecule has 1 atom stereocenters. The number of ether oxygens (including phenoxy) is 2. The maximum absolute atomic E-state index is 6.28. The van der Waals surface area contributed by atoms with Crippen molar-refractivity contribution in [2.75, 3.05) is 39.5 Å². The van der Waals surface area contributed by atoms with Crippen LogP contribution in [-0.4, -0.2) is 50.4 Å². The third-order valence-corrected chi connectivity index (χ3v) is 4.08. The van der Waals surface area contributed by atoms with Gasteiger partial charge in [0.05, 0.1) is 18.2 Å². The Morgan fingerprint density at radius 3 is 2.81 bits per heavy atom. The van der Waals surface area contributed by atoms with Crippen molar-refractivity contribution in [3.05, 3.63) is 28.8 Å². The molecule has 21 heavy (non-hydrogen) atoms. The van der Waals surface area contributed by atoms with Gasteiger partial charge in [-0.3, -0.25) is 4.90 Å². The van der Waals surface area contributed by atoms with Gasteiger partial charge in [0.15, 0.2) is 0 Å². The zero-order chi connectivity index (χ0) is 15.1. The Bertz CT molecular complexity index is 436. The van der Waals surface area contributed by atoms with E-state index in [2.05, 4.69) is 11.8 Å². The smallest absolute Gasteiger partial charge is 0.137 e. The zero-order valence-electron chi connectivity index (χ0n) is 12.7. The van der Waals surface area contributed by atoms with Crippen LogP contribution in [0.2, 0.25) is 5.02 Å². The average Bonchev–Trinajstić information content (AvgIpc) is 2.50. The first-order valence-electron chi connectivity index (χ1n) is 7.66. The first kappa shape index (κ1) is 16.6. The van der Waals surface area contributed by atoms with E-state index in [4.69, 9.17) is 26.8 Å². The number of hydrogen-bond acceptors (Lipinski definition) is 4. The molecule has 0 radical (unpaired) electrons. The molecule has 5 heteroatoms. The van der Waals surface area contributed by atoms with Gasteiger partial charge in [0.1, 0.15) is 12.4 Å². The third kappa shape index (κ3) is 5.47. The normalized spacial score (nSPS) is 17.7. The number of hydrogen-bond donors (Lipinski definition) is 1. The Labute approximate surface area is 132 Å². The summed E-state index contributed by atoms with van der Waals surface area (Å²) in [7, 11) is 0. The SMILES string of the molecule is CCC(N)Cc1ccc(OCCN2CCOCC2)c(Cl)c1. The van der Waals surface area contributed by atoms with E-state index in [0.29, 0.717) is 11.6 Å². The first-order chi connectivity index (χ1) is 10.2. The Morgan fingerprint density at radius 2 is 2.14 bits per heavy atom. The number of morpholine rings is 1. The maximum atomic E-state index is 6.28. The van der Waals surface area contributed by atoms with E-state index in [1.807, 2.05) is 18.2 Å². The topological polar surface area (TPSA) is 47.7 Å². The highest BCUT2D eigenvalue weighted by molar-refractivity contribution is 6.32. The molecule has 1 fully saturated rings. The van der Waals surface area contributed by atoms with Gasteiger partial charge < -0.3 is 15.2 Å². The van der Waals surface area contributed by atoms with Crippen molar-refractivity contribution in [2.45, 2.75) is 25.8 Å². The summed E-state index contributed by atoms with van der Waals surface area (Å²) < 4.78 is 11.1. The molecule has 1 aliphatic rings. The summed E-state index contributed by atoms with van der Waals surface area (Å²) in [5, 5.41) is 0.665. The summed E-state index contributed by atoms with van der Waals surface area (Å²) in [6.45, 7) is 7.22. The Balaban J connectivity index is 1.80. The van der Waals surface area contributed by atoms with Gasteiger partial charge in [-0.25, -0.2) is 0 Å². The van der Waals surface area contributed by atoms with E-state index < -0.39 is 0 Å². The number of halogens is 1. The van der Waals surface area contributed by atoms with Crippen LogP contribution in [0.4, 0.5) is 0 Å². The molecular formula is C16H25ClN2O2. The third-order valence-electron chi connectivity index (χ3n) is 3.79. The van der Waals surface area contributed by atoms with Gasteiger partial charge in [-0.05, 0) is 30.5 Å². The lowest BCUT2D eigenvalue weighted by molar-refractivity contribution is 0.0322. The number of nitrogens with two attached hydrogens (primary N) is 1. The molecule has 1 aliphatic heterocycles. The molecule has 1 saturated heterocycles. The van der Waals surface area contributed by atoms with Gasteiger partial charge in [0.25, 0.3) is 0 Å². The monoisotopic (exact) mass is 312 g/mol. The van der Waals surface area contributed by atoms with Crippen LogP contribution in [0.3, 0.4) is 0 Å². The largest absolute Gasteiger partial charge is 0.491 e. The zero-order valence-corrected chi connectivity index (χ0v) is 13.4. The Hall–Kier alpha value is -0.810. The van der Waals surface area contributed by atoms with E-state index in [0.717, 1.165) is 57.0 Å². The van der Waals surface area contributed by atoms with Crippen LogP contribution in [0.5, 0.6) is 5.75 Å². The van der Waals surface area contributed by atoms with Crippen LogP contribution < -0.4 is 10.5 Å². The predicted octanol–water partition coefficient (Wildman–Crippen LogP) is 2.33. The fourth-order valence-electron chi connectivity index (χ4n) is 2.34. The molecule has 0 aliphatic carbocycles. The highest BCUT2D eigenvalue weighted by atomic mass is 35.5. The molecule has 0 saturated carbocycles. The molecule has 1 aromatic rings. The second-order valence-electron chi connectivity index (χ2n) is 5.44. The van der Waals surface area contributed by atoms with Crippen molar-refractivity contribution in [3.63, 3.8) is 0 Å². The number of nitrogens with zero attached hydrogens (tertiary/aromatic N) is 1. The minimum absolute atomic E-state index is 0.189. The van der Waals surface area contributed by atoms with E-state index >= 15 is 0 Å². The average molecular weight is 313 g/mol. The summed E-state index contributed by atoms with van der Waals surface area (Å²) in [5.74, 6) is 0.749. The van der Waals surface area contributed by atoms with E-state index in [-0.39, 0.29) is 6.04 Å². The standard InChI is InChI=1S/C16H25ClN2O2/c1-2-14(18)11-13-3-4-16(15(17)12-13)21-10-7-19-5-8-20-9-6-19/h3-4,12,14H,2,5-11,18H2,1H3. The fourth-order valence-corrected chi connectivity index (χ4v) is 2.60. The van der Waals surface area contributed by atoms with Crippen molar-refractivity contribution in [1.29, 1.82) is 0 Å². The Kier molecular flexibility index (Phi) is 6.77. The summed E-state index contributed by atoms with van der Waals surface area (Å²) in [6.07, 6.45) is 1.82. The summed E-state index contributed by atoms with van der Waals surface area (Å²) in [4.78, 5) is 2.34. The lowest BCUT2D eigenvalue weighted by Crippen LogP contribution is -2.38. The minimum Gasteiger partial charge on any atom is -0.491 e. The summed E-state index contributed by atoms with van der Waals surface area (Å²) >= 11 is 6.28. The molecule has 2 rings (SSSR count). The van der Waals surface area contributed by atoms with Crippen LogP contribution in [0.15, 0.2) is 18.2 Å². The van der Waals surface area contributed by atoms with Crippen LogP contribution >= 0.6 is 11.6 Å². The minimum atomic E-state index is 0.189. The van der Waals surface area contributed by atoms with Crippen molar-refractivity contribution >= 4 is 11.6 Å². The van der Waals surface area contributed by atoms with Crippen LogP contribution in [-0.2, 0) is 11.2 Å². The molecule has 0 bridgehead atoms. The number of rotatable bonds is 7. The molecular weight excluding hydrogens is 288 g/mol. The van der Waals surface area contributed by atoms with Crippen molar-refractivity contribution in [1.82, 2.24) is 4.90 Å². The lowest BCUT2D eigenvalue weighted by Gasteiger charge is -2.26. The quantitative estimate of drug-likeness (QED) is 0.839. The second kappa shape index (κ2) is 8.59. The maximum Gasteiger partial charge on any atom is 0.137 e. The molecule has 0 spiro atoms. The molecule has 0 amide bonds. The van der Waals surface area contributed by atoms with E-state index in [1.54, 1.807) is 0 Å². The van der Waals surface area contributed by atoms with E-state index in [9.17, 15) is 0 Å². The van der Waals surface area contributed by atoms with Gasteiger partial charge >= 0.3 is 0 Å².